The molecule has 0 amide bonds. The molecule has 1 aliphatic carbocycles. The Balaban J connectivity index is 1.50. The first kappa shape index (κ1) is 22.2. The summed E-state index contributed by atoms with van der Waals surface area (Å²) in [5.74, 6) is 1.84. The zero-order valence-corrected chi connectivity index (χ0v) is 19.5. The number of piperidine rings is 1. The van der Waals surface area contributed by atoms with E-state index < -0.39 is 0 Å². The van der Waals surface area contributed by atoms with E-state index >= 15 is 0 Å². The highest BCUT2D eigenvalue weighted by molar-refractivity contribution is 5.85. The smallest absolute Gasteiger partial charge is 0.224 e. The molecule has 6 nitrogen and oxygen atoms in total. The van der Waals surface area contributed by atoms with Crippen molar-refractivity contribution in [3.05, 3.63) is 59.2 Å². The van der Waals surface area contributed by atoms with Crippen LogP contribution in [0.15, 0.2) is 36.7 Å². The van der Waals surface area contributed by atoms with Crippen molar-refractivity contribution in [2.75, 3.05) is 13.1 Å². The van der Waals surface area contributed by atoms with Crippen molar-refractivity contribution in [2.45, 2.75) is 76.4 Å². The second kappa shape index (κ2) is 10.1. The van der Waals surface area contributed by atoms with Gasteiger partial charge in [-0.1, -0.05) is 31.2 Å². The Morgan fingerprint density at radius 1 is 1.00 bits per heavy atom. The largest absolute Gasteiger partial charge is 0.474 e. The number of hydrogen-bond acceptors (Lipinski definition) is 6. The molecule has 2 aromatic heterocycles. The predicted octanol–water partition coefficient (Wildman–Crippen LogP) is 4.33. The summed E-state index contributed by atoms with van der Waals surface area (Å²) in [6, 6.07) is 8.67. The highest BCUT2D eigenvalue weighted by Crippen LogP contribution is 2.37. The predicted molar refractivity (Wildman–Crippen MR) is 130 cm³/mol. The first-order valence-electron chi connectivity index (χ1n) is 12.5. The fraction of sp³-hybridized carbons (Fsp3) is 0.519. The maximum absolute atomic E-state index is 10.00. The molecule has 6 heteroatoms. The molecule has 2 aliphatic rings. The van der Waals surface area contributed by atoms with Crippen LogP contribution >= 0.6 is 0 Å². The van der Waals surface area contributed by atoms with Gasteiger partial charge in [0.2, 0.25) is 5.88 Å². The van der Waals surface area contributed by atoms with Crippen LogP contribution in [0.1, 0.15) is 73.9 Å². The molecule has 1 aromatic carbocycles. The molecule has 3 aromatic rings. The number of hydrogen-bond donors (Lipinski definition) is 2. The summed E-state index contributed by atoms with van der Waals surface area (Å²) in [6.07, 6.45) is 11.2. The summed E-state index contributed by atoms with van der Waals surface area (Å²) in [5.41, 5.74) is 4.69. The van der Waals surface area contributed by atoms with E-state index in [1.807, 2.05) is 12.4 Å². The second-order valence-corrected chi connectivity index (χ2v) is 9.49. The molecule has 2 fully saturated rings. The lowest BCUT2D eigenvalue weighted by Gasteiger charge is -2.27. The van der Waals surface area contributed by atoms with E-state index in [0.29, 0.717) is 18.2 Å². The van der Waals surface area contributed by atoms with E-state index in [9.17, 15) is 5.11 Å². The van der Waals surface area contributed by atoms with Gasteiger partial charge in [-0.05, 0) is 75.1 Å². The summed E-state index contributed by atoms with van der Waals surface area (Å²) in [4.78, 5) is 14.5. The summed E-state index contributed by atoms with van der Waals surface area (Å²) >= 11 is 0. The van der Waals surface area contributed by atoms with Crippen molar-refractivity contribution in [1.29, 1.82) is 0 Å². The Labute approximate surface area is 195 Å². The molecule has 0 spiro atoms. The molecule has 5 rings (SSSR count). The van der Waals surface area contributed by atoms with Crippen LogP contribution in [0.2, 0.25) is 0 Å². The van der Waals surface area contributed by atoms with Crippen LogP contribution in [0, 0.1) is 0 Å². The fourth-order valence-electron chi connectivity index (χ4n) is 5.13. The number of benzene rings is 1. The van der Waals surface area contributed by atoms with Gasteiger partial charge < -0.3 is 15.2 Å². The molecule has 174 valence electrons. The number of aliphatic hydroxyl groups excluding tert-OH is 1. The molecular weight excluding hydrogens is 412 g/mol. The van der Waals surface area contributed by atoms with Gasteiger partial charge >= 0.3 is 0 Å². The van der Waals surface area contributed by atoms with Crippen LogP contribution in [0.3, 0.4) is 0 Å². The van der Waals surface area contributed by atoms with E-state index in [1.165, 1.54) is 16.7 Å². The van der Waals surface area contributed by atoms with Gasteiger partial charge in [0.1, 0.15) is 11.9 Å². The number of pyridine rings is 1. The zero-order valence-electron chi connectivity index (χ0n) is 19.5. The summed E-state index contributed by atoms with van der Waals surface area (Å²) in [6.45, 7) is 4.13. The van der Waals surface area contributed by atoms with Crippen molar-refractivity contribution in [3.63, 3.8) is 0 Å². The quantitative estimate of drug-likeness (QED) is 0.587. The average Bonchev–Trinajstić information content (AvgIpc) is 2.85. The van der Waals surface area contributed by atoms with Crippen molar-refractivity contribution >= 4 is 10.9 Å². The SMILES string of the molecule is CCc1cccc(Cc2ncc3c(OC4CCNCC4)ncc(C4CCC(O)CC4)c3n2)c1. The zero-order chi connectivity index (χ0) is 22.6. The first-order valence-corrected chi connectivity index (χ1v) is 12.5. The van der Waals surface area contributed by atoms with E-state index in [-0.39, 0.29) is 12.2 Å². The molecule has 33 heavy (non-hydrogen) atoms. The first-order chi connectivity index (χ1) is 16.2. The van der Waals surface area contributed by atoms with E-state index in [2.05, 4.69) is 36.5 Å². The maximum Gasteiger partial charge on any atom is 0.224 e. The minimum Gasteiger partial charge on any atom is -0.474 e. The van der Waals surface area contributed by atoms with Crippen LogP contribution in [0.25, 0.3) is 10.9 Å². The topological polar surface area (TPSA) is 80.2 Å². The third-order valence-electron chi connectivity index (χ3n) is 7.13. The minimum absolute atomic E-state index is 0.175. The van der Waals surface area contributed by atoms with Gasteiger partial charge in [-0.15, -0.1) is 0 Å². The number of aliphatic hydroxyl groups is 1. The average molecular weight is 447 g/mol. The number of nitrogens with one attached hydrogen (secondary N) is 1. The van der Waals surface area contributed by atoms with Gasteiger partial charge in [0.05, 0.1) is 17.0 Å². The van der Waals surface area contributed by atoms with Crippen LogP contribution in [0.4, 0.5) is 0 Å². The van der Waals surface area contributed by atoms with Crippen LogP contribution in [0.5, 0.6) is 5.88 Å². The lowest BCUT2D eigenvalue weighted by Crippen LogP contribution is -2.34. The monoisotopic (exact) mass is 446 g/mol. The molecule has 0 radical (unpaired) electrons. The third-order valence-corrected chi connectivity index (χ3v) is 7.13. The highest BCUT2D eigenvalue weighted by Gasteiger charge is 2.25. The number of ether oxygens (including phenoxy) is 1. The second-order valence-electron chi connectivity index (χ2n) is 9.49. The Bertz CT molecular complexity index is 1090. The normalized spacial score (nSPS) is 21.9. The van der Waals surface area contributed by atoms with Gasteiger partial charge in [-0.3, -0.25) is 0 Å². The lowest BCUT2D eigenvalue weighted by molar-refractivity contribution is 0.122. The molecule has 2 N–H and O–H groups in total. The van der Waals surface area contributed by atoms with Crippen molar-refractivity contribution in [2.24, 2.45) is 0 Å². The van der Waals surface area contributed by atoms with E-state index in [0.717, 1.165) is 74.8 Å². The van der Waals surface area contributed by atoms with Crippen LogP contribution < -0.4 is 10.1 Å². The maximum atomic E-state index is 10.00. The summed E-state index contributed by atoms with van der Waals surface area (Å²) < 4.78 is 6.35. The molecule has 0 unspecified atom stereocenters. The number of rotatable bonds is 6. The molecule has 1 saturated heterocycles. The van der Waals surface area contributed by atoms with Crippen molar-refractivity contribution in [3.8, 4) is 5.88 Å². The van der Waals surface area contributed by atoms with E-state index in [1.54, 1.807) is 0 Å². The Hall–Kier alpha value is -2.57. The van der Waals surface area contributed by atoms with Crippen molar-refractivity contribution in [1.82, 2.24) is 20.3 Å². The molecule has 1 saturated carbocycles. The lowest BCUT2D eigenvalue weighted by atomic mass is 9.82. The van der Waals surface area contributed by atoms with E-state index in [4.69, 9.17) is 19.7 Å². The Morgan fingerprint density at radius 3 is 2.58 bits per heavy atom. The number of aromatic nitrogens is 3. The minimum atomic E-state index is -0.181. The Kier molecular flexibility index (Phi) is 6.83. The fourth-order valence-corrected chi connectivity index (χ4v) is 5.13. The van der Waals surface area contributed by atoms with Gasteiger partial charge in [0.15, 0.2) is 0 Å². The number of aryl methyl sites for hydroxylation is 1. The van der Waals surface area contributed by atoms with Gasteiger partial charge in [-0.25, -0.2) is 15.0 Å². The number of nitrogens with zero attached hydrogens (tertiary/aromatic N) is 3. The van der Waals surface area contributed by atoms with Crippen LogP contribution in [-0.4, -0.2) is 45.4 Å². The highest BCUT2D eigenvalue weighted by atomic mass is 16.5. The summed E-state index contributed by atoms with van der Waals surface area (Å²) in [5, 5.41) is 14.3. The molecular formula is C27H34N4O2. The van der Waals surface area contributed by atoms with Gasteiger partial charge in [-0.2, -0.15) is 0 Å². The molecule has 0 bridgehead atoms. The standard InChI is InChI=1S/C27H34N4O2/c1-2-18-4-3-5-19(14-18)15-25-29-17-24-26(31-25)23(20-6-8-21(32)9-7-20)16-30-27(24)33-22-10-12-28-13-11-22/h3-5,14,16-17,20-22,28,32H,2,6-13,15H2,1H3. The molecule has 0 atom stereocenters. The Morgan fingerprint density at radius 2 is 1.79 bits per heavy atom. The third kappa shape index (κ3) is 5.17. The van der Waals surface area contributed by atoms with Gasteiger partial charge in [0, 0.05) is 24.4 Å². The molecule has 3 heterocycles. The van der Waals surface area contributed by atoms with Crippen LogP contribution in [-0.2, 0) is 12.8 Å². The molecule has 1 aliphatic heterocycles. The number of fused-ring (bicyclic) bond motifs is 1. The van der Waals surface area contributed by atoms with Gasteiger partial charge in [0.25, 0.3) is 0 Å². The summed E-state index contributed by atoms with van der Waals surface area (Å²) in [7, 11) is 0. The van der Waals surface area contributed by atoms with Crippen molar-refractivity contribution < 1.29 is 9.84 Å².